The first-order chi connectivity index (χ1) is 6.28. The average Bonchev–Trinajstić information content (AvgIpc) is 2.77. The second-order valence-corrected chi connectivity index (χ2v) is 11.0. The highest BCUT2D eigenvalue weighted by Crippen LogP contribution is 2.43. The largest absolute Gasteiger partial charge is 0.417 e. The summed E-state index contributed by atoms with van der Waals surface area (Å²) >= 11 is 0. The molecule has 0 spiro atoms. The number of rotatable bonds is 4. The topological polar surface area (TPSA) is 9.23 Å². The zero-order valence-corrected chi connectivity index (χ0v) is 11.7. The van der Waals surface area contributed by atoms with Crippen LogP contribution in [0.5, 0.6) is 0 Å². The van der Waals surface area contributed by atoms with Crippen LogP contribution in [0.4, 0.5) is 0 Å². The highest BCUT2D eigenvalue weighted by molar-refractivity contribution is 6.74. The van der Waals surface area contributed by atoms with Crippen LogP contribution in [-0.2, 0) is 4.43 Å². The summed E-state index contributed by atoms with van der Waals surface area (Å²) in [6.07, 6.45) is 2.75. The molecule has 84 valence electrons. The van der Waals surface area contributed by atoms with Gasteiger partial charge in [0, 0.05) is 6.61 Å². The highest BCUT2D eigenvalue weighted by Gasteiger charge is 2.41. The molecule has 0 aliphatic heterocycles. The van der Waals surface area contributed by atoms with E-state index in [9.17, 15) is 0 Å². The van der Waals surface area contributed by atoms with Gasteiger partial charge in [-0.1, -0.05) is 34.1 Å². The van der Waals surface area contributed by atoms with E-state index in [-0.39, 0.29) is 0 Å². The van der Waals surface area contributed by atoms with Crippen molar-refractivity contribution in [3.8, 4) is 0 Å². The lowest BCUT2D eigenvalue weighted by atomic mass is 10.2. The Balaban J connectivity index is 2.31. The maximum absolute atomic E-state index is 6.19. The molecule has 1 nitrogen and oxygen atoms in total. The monoisotopic (exact) mass is 214 g/mol. The Morgan fingerprint density at radius 1 is 1.21 bits per heavy atom. The van der Waals surface area contributed by atoms with Crippen LogP contribution in [0, 0.1) is 11.8 Å². The average molecular weight is 214 g/mol. The first-order valence-corrected chi connectivity index (χ1v) is 8.82. The third-order valence-electron chi connectivity index (χ3n) is 4.06. The smallest absolute Gasteiger partial charge is 0.191 e. The van der Waals surface area contributed by atoms with Crippen LogP contribution in [0.25, 0.3) is 0 Å². The van der Waals surface area contributed by atoms with Crippen LogP contribution >= 0.6 is 0 Å². The molecule has 0 saturated heterocycles. The zero-order chi connectivity index (χ0) is 11.0. The van der Waals surface area contributed by atoms with Crippen LogP contribution in [0.1, 0.15) is 40.5 Å². The lowest BCUT2D eigenvalue weighted by Gasteiger charge is -2.36. The first-order valence-electron chi connectivity index (χ1n) is 5.92. The lowest BCUT2D eigenvalue weighted by Crippen LogP contribution is -2.41. The molecule has 1 saturated carbocycles. The third kappa shape index (κ3) is 2.83. The van der Waals surface area contributed by atoms with Crippen molar-refractivity contribution in [2.75, 3.05) is 6.61 Å². The normalized spacial score (nSPS) is 27.9. The van der Waals surface area contributed by atoms with Gasteiger partial charge in [-0.3, -0.25) is 0 Å². The molecule has 2 unspecified atom stereocenters. The van der Waals surface area contributed by atoms with Crippen molar-refractivity contribution in [1.29, 1.82) is 0 Å². The lowest BCUT2D eigenvalue weighted by molar-refractivity contribution is 0.265. The SMILES string of the molecule is CCC1CC1CO[Si](C)(C)C(C)(C)C. The maximum atomic E-state index is 6.19. The molecular weight excluding hydrogens is 188 g/mol. The second kappa shape index (κ2) is 3.97. The minimum atomic E-state index is -1.47. The Hall–Kier alpha value is 0.177. The van der Waals surface area contributed by atoms with Gasteiger partial charge in [-0.15, -0.1) is 0 Å². The molecular formula is C12H26OSi. The fraction of sp³-hybridized carbons (Fsp3) is 1.00. The summed E-state index contributed by atoms with van der Waals surface area (Å²) in [4.78, 5) is 0. The molecule has 0 aromatic rings. The fourth-order valence-electron chi connectivity index (χ4n) is 1.55. The van der Waals surface area contributed by atoms with Crippen LogP contribution in [0.3, 0.4) is 0 Å². The van der Waals surface area contributed by atoms with E-state index in [0.717, 1.165) is 18.4 Å². The molecule has 1 aliphatic rings. The Bertz CT molecular complexity index is 193. The Morgan fingerprint density at radius 2 is 1.79 bits per heavy atom. The maximum Gasteiger partial charge on any atom is 0.191 e. The van der Waals surface area contributed by atoms with Gasteiger partial charge in [-0.25, -0.2) is 0 Å². The van der Waals surface area contributed by atoms with Crippen molar-refractivity contribution in [2.45, 2.75) is 58.7 Å². The van der Waals surface area contributed by atoms with Gasteiger partial charge < -0.3 is 4.43 Å². The molecule has 0 aromatic heterocycles. The third-order valence-corrected chi connectivity index (χ3v) is 8.56. The molecule has 0 heterocycles. The number of hydrogen-bond acceptors (Lipinski definition) is 1. The Labute approximate surface area is 90.4 Å². The second-order valence-electron chi connectivity index (χ2n) is 6.24. The molecule has 1 aliphatic carbocycles. The van der Waals surface area contributed by atoms with Gasteiger partial charge in [0.2, 0.25) is 0 Å². The van der Waals surface area contributed by atoms with Crippen LogP contribution in [-0.4, -0.2) is 14.9 Å². The van der Waals surface area contributed by atoms with E-state index in [2.05, 4.69) is 40.8 Å². The highest BCUT2D eigenvalue weighted by atomic mass is 28.4. The van der Waals surface area contributed by atoms with Crippen molar-refractivity contribution < 1.29 is 4.43 Å². The predicted octanol–water partition coefficient (Wildman–Crippen LogP) is 4.05. The molecule has 2 atom stereocenters. The van der Waals surface area contributed by atoms with E-state index in [0.29, 0.717) is 5.04 Å². The molecule has 0 N–H and O–H groups in total. The van der Waals surface area contributed by atoms with E-state index in [1.165, 1.54) is 12.8 Å². The first kappa shape index (κ1) is 12.2. The minimum absolute atomic E-state index is 0.365. The standard InChI is InChI=1S/C12H26OSi/c1-7-10-8-11(10)9-13-14(5,6)12(2,3)4/h10-11H,7-9H2,1-6H3. The van der Waals surface area contributed by atoms with Crippen LogP contribution in [0.2, 0.25) is 18.1 Å². The Morgan fingerprint density at radius 3 is 2.14 bits per heavy atom. The van der Waals surface area contributed by atoms with Gasteiger partial charge in [0.25, 0.3) is 0 Å². The van der Waals surface area contributed by atoms with E-state index in [1.807, 2.05) is 0 Å². The molecule has 0 radical (unpaired) electrons. The predicted molar refractivity (Wildman–Crippen MR) is 65.0 cm³/mol. The van der Waals surface area contributed by atoms with Crippen molar-refractivity contribution >= 4 is 8.32 Å². The van der Waals surface area contributed by atoms with E-state index >= 15 is 0 Å². The van der Waals surface area contributed by atoms with E-state index in [4.69, 9.17) is 4.43 Å². The van der Waals surface area contributed by atoms with Crippen molar-refractivity contribution in [2.24, 2.45) is 11.8 Å². The summed E-state index contributed by atoms with van der Waals surface area (Å²) in [5.74, 6) is 1.86. The summed E-state index contributed by atoms with van der Waals surface area (Å²) in [6.45, 7) is 14.9. The van der Waals surface area contributed by atoms with Crippen LogP contribution in [0.15, 0.2) is 0 Å². The van der Waals surface area contributed by atoms with Crippen molar-refractivity contribution in [3.63, 3.8) is 0 Å². The van der Waals surface area contributed by atoms with E-state index in [1.54, 1.807) is 0 Å². The summed E-state index contributed by atoms with van der Waals surface area (Å²) < 4.78 is 6.19. The summed E-state index contributed by atoms with van der Waals surface area (Å²) in [7, 11) is -1.47. The van der Waals surface area contributed by atoms with Crippen molar-refractivity contribution in [1.82, 2.24) is 0 Å². The van der Waals surface area contributed by atoms with E-state index < -0.39 is 8.32 Å². The number of hydrogen-bond donors (Lipinski definition) is 0. The van der Waals surface area contributed by atoms with Gasteiger partial charge in [0.1, 0.15) is 0 Å². The van der Waals surface area contributed by atoms with Crippen molar-refractivity contribution in [3.05, 3.63) is 0 Å². The van der Waals surface area contributed by atoms with Gasteiger partial charge in [0.05, 0.1) is 0 Å². The molecule has 0 bridgehead atoms. The van der Waals surface area contributed by atoms with Gasteiger partial charge in [-0.2, -0.15) is 0 Å². The van der Waals surface area contributed by atoms with Gasteiger partial charge >= 0.3 is 0 Å². The Kier molecular flexibility index (Phi) is 3.48. The summed E-state index contributed by atoms with van der Waals surface area (Å²) in [5, 5.41) is 0.365. The fourth-order valence-corrected chi connectivity index (χ4v) is 2.61. The summed E-state index contributed by atoms with van der Waals surface area (Å²) in [5.41, 5.74) is 0. The zero-order valence-electron chi connectivity index (χ0n) is 10.7. The van der Waals surface area contributed by atoms with Crippen LogP contribution < -0.4 is 0 Å². The van der Waals surface area contributed by atoms with Gasteiger partial charge in [-0.05, 0) is 36.4 Å². The van der Waals surface area contributed by atoms with Gasteiger partial charge in [0.15, 0.2) is 8.32 Å². The summed E-state index contributed by atoms with van der Waals surface area (Å²) in [6, 6.07) is 0. The molecule has 1 rings (SSSR count). The molecule has 0 aromatic carbocycles. The molecule has 2 heteroatoms. The molecule has 14 heavy (non-hydrogen) atoms. The quantitative estimate of drug-likeness (QED) is 0.641. The molecule has 0 amide bonds. The minimum Gasteiger partial charge on any atom is -0.417 e. The molecule has 1 fully saturated rings.